The molecule has 2 aliphatic heterocycles. The van der Waals surface area contributed by atoms with Crippen LogP contribution in [-0.4, -0.2) is 40.5 Å². The zero-order valence-corrected chi connectivity index (χ0v) is 14.8. The molecule has 2 aliphatic carbocycles. The fourth-order valence-electron chi connectivity index (χ4n) is 4.11. The second-order valence-electron chi connectivity index (χ2n) is 7.00. The van der Waals surface area contributed by atoms with E-state index in [-0.39, 0.29) is 18.0 Å². The maximum absolute atomic E-state index is 12.3. The molecule has 6 atom stereocenters. The molecule has 4 aliphatic rings. The highest BCUT2D eigenvalue weighted by atomic mass is 79.9. The topological polar surface area (TPSA) is 78.9 Å². The zero-order chi connectivity index (χ0) is 16.8. The number of carbonyl (C=O) groups excluding carboxylic acids is 3. The van der Waals surface area contributed by atoms with Crippen molar-refractivity contribution in [2.75, 3.05) is 0 Å². The molecule has 0 amide bonds. The minimum atomic E-state index is -0.964. The first-order valence-electron chi connectivity index (χ1n) is 8.06. The van der Waals surface area contributed by atoms with E-state index in [1.807, 2.05) is 0 Å². The number of alkyl halides is 1. The van der Waals surface area contributed by atoms with Gasteiger partial charge in [-0.2, -0.15) is 0 Å². The molecule has 0 aromatic heterocycles. The molecule has 23 heavy (non-hydrogen) atoms. The van der Waals surface area contributed by atoms with Gasteiger partial charge in [0, 0.05) is 12.8 Å². The summed E-state index contributed by atoms with van der Waals surface area (Å²) in [5.41, 5.74) is -0.652. The van der Waals surface area contributed by atoms with Gasteiger partial charge in [-0.25, -0.2) is 4.79 Å². The molecule has 0 aromatic rings. The van der Waals surface area contributed by atoms with Gasteiger partial charge in [-0.1, -0.05) is 15.9 Å². The molecule has 7 heteroatoms. The summed E-state index contributed by atoms with van der Waals surface area (Å²) in [6, 6.07) is 0. The number of fused-ring (bicyclic) bond motifs is 1. The maximum atomic E-state index is 12.3. The van der Waals surface area contributed by atoms with Crippen LogP contribution < -0.4 is 0 Å². The lowest BCUT2D eigenvalue weighted by atomic mass is 9.65. The minimum Gasteiger partial charge on any atom is -0.462 e. The number of carbonyl (C=O) groups is 3. The van der Waals surface area contributed by atoms with Crippen molar-refractivity contribution in [3.63, 3.8) is 0 Å². The Morgan fingerprint density at radius 3 is 2.65 bits per heavy atom. The van der Waals surface area contributed by atoms with Gasteiger partial charge in [0.1, 0.15) is 16.5 Å². The van der Waals surface area contributed by atoms with Crippen molar-refractivity contribution in [2.45, 2.75) is 68.6 Å². The highest BCUT2D eigenvalue weighted by Crippen LogP contribution is 2.51. The van der Waals surface area contributed by atoms with Crippen molar-refractivity contribution >= 4 is 33.8 Å². The van der Waals surface area contributed by atoms with Crippen molar-refractivity contribution in [2.24, 2.45) is 11.8 Å². The Balaban J connectivity index is 1.68. The van der Waals surface area contributed by atoms with Crippen molar-refractivity contribution < 1.29 is 28.6 Å². The maximum Gasteiger partial charge on any atom is 0.347 e. The van der Waals surface area contributed by atoms with Crippen LogP contribution in [0.25, 0.3) is 0 Å². The third kappa shape index (κ3) is 3.39. The van der Waals surface area contributed by atoms with E-state index in [0.29, 0.717) is 18.8 Å². The summed E-state index contributed by atoms with van der Waals surface area (Å²) in [6.45, 7) is 3.14. The monoisotopic (exact) mass is 388 g/mol. The van der Waals surface area contributed by atoms with Crippen molar-refractivity contribution in [3.05, 3.63) is 0 Å². The van der Waals surface area contributed by atoms with Gasteiger partial charge in [-0.05, 0) is 39.0 Å². The Kier molecular flexibility index (Phi) is 4.42. The van der Waals surface area contributed by atoms with Crippen molar-refractivity contribution in [1.29, 1.82) is 0 Å². The van der Waals surface area contributed by atoms with Crippen LogP contribution >= 0.6 is 15.9 Å². The first-order valence-corrected chi connectivity index (χ1v) is 8.97. The SMILES string of the molecule is CC(Br)C(=O)OC(C)C(=O)OC12CC3CC(C1)OC(=O)C(C3)C2. The van der Waals surface area contributed by atoms with Crippen LogP contribution in [0.5, 0.6) is 0 Å². The molecular weight excluding hydrogens is 368 g/mol. The van der Waals surface area contributed by atoms with E-state index < -0.39 is 28.5 Å². The molecule has 128 valence electrons. The molecule has 2 saturated carbocycles. The molecule has 6 nitrogen and oxygen atoms in total. The van der Waals surface area contributed by atoms with Gasteiger partial charge < -0.3 is 14.2 Å². The van der Waals surface area contributed by atoms with E-state index in [4.69, 9.17) is 14.2 Å². The van der Waals surface area contributed by atoms with E-state index in [1.54, 1.807) is 6.92 Å². The van der Waals surface area contributed by atoms with Gasteiger partial charge in [-0.3, -0.25) is 9.59 Å². The second kappa shape index (κ2) is 6.07. The van der Waals surface area contributed by atoms with Crippen molar-refractivity contribution in [1.82, 2.24) is 0 Å². The summed E-state index contributed by atoms with van der Waals surface area (Å²) in [7, 11) is 0. The average Bonchev–Trinajstić information content (AvgIpc) is 2.60. The van der Waals surface area contributed by atoms with Crippen LogP contribution in [0.3, 0.4) is 0 Å². The molecule has 0 spiro atoms. The fourth-order valence-corrected chi connectivity index (χ4v) is 4.22. The second-order valence-corrected chi connectivity index (χ2v) is 8.38. The van der Waals surface area contributed by atoms with E-state index >= 15 is 0 Å². The van der Waals surface area contributed by atoms with Crippen LogP contribution in [0.2, 0.25) is 0 Å². The van der Waals surface area contributed by atoms with Gasteiger partial charge in [0.25, 0.3) is 0 Å². The fraction of sp³-hybridized carbons (Fsp3) is 0.812. The third-order valence-corrected chi connectivity index (χ3v) is 5.35. The number of ether oxygens (including phenoxy) is 3. The van der Waals surface area contributed by atoms with Crippen LogP contribution in [0.15, 0.2) is 0 Å². The van der Waals surface area contributed by atoms with Gasteiger partial charge in [0.15, 0.2) is 6.10 Å². The quantitative estimate of drug-likeness (QED) is 0.416. The van der Waals surface area contributed by atoms with Gasteiger partial charge >= 0.3 is 17.9 Å². The van der Waals surface area contributed by atoms with Gasteiger partial charge in [0.05, 0.1) is 5.92 Å². The Morgan fingerprint density at radius 2 is 1.96 bits per heavy atom. The van der Waals surface area contributed by atoms with E-state index in [9.17, 15) is 14.4 Å². The number of hydrogen-bond acceptors (Lipinski definition) is 6. The average molecular weight is 389 g/mol. The minimum absolute atomic E-state index is 0.164. The molecule has 6 unspecified atom stereocenters. The Hall–Kier alpha value is -1.11. The van der Waals surface area contributed by atoms with E-state index in [0.717, 1.165) is 19.3 Å². The summed E-state index contributed by atoms with van der Waals surface area (Å²) < 4.78 is 16.3. The molecule has 0 radical (unpaired) electrons. The zero-order valence-electron chi connectivity index (χ0n) is 13.2. The normalized spacial score (nSPS) is 37.5. The smallest absolute Gasteiger partial charge is 0.347 e. The molecule has 2 saturated heterocycles. The first-order chi connectivity index (χ1) is 10.8. The summed E-state index contributed by atoms with van der Waals surface area (Å²) in [4.78, 5) is 35.4. The number of halogens is 1. The Labute approximate surface area is 143 Å². The number of rotatable bonds is 4. The molecule has 4 bridgehead atoms. The van der Waals surface area contributed by atoms with Crippen molar-refractivity contribution in [3.8, 4) is 0 Å². The first kappa shape index (κ1) is 16.7. The third-order valence-electron chi connectivity index (χ3n) is 4.98. The largest absolute Gasteiger partial charge is 0.462 e. The number of esters is 3. The predicted octanol–water partition coefficient (Wildman–Crippen LogP) is 2.12. The Bertz CT molecular complexity index is 533. The van der Waals surface area contributed by atoms with Crippen LogP contribution in [0.4, 0.5) is 0 Å². The summed E-state index contributed by atoms with van der Waals surface area (Å²) in [5, 5.41) is 0. The van der Waals surface area contributed by atoms with Crippen LogP contribution in [0.1, 0.15) is 46.0 Å². The highest BCUT2D eigenvalue weighted by Gasteiger charge is 2.55. The lowest BCUT2D eigenvalue weighted by Gasteiger charge is -2.45. The number of hydrogen-bond donors (Lipinski definition) is 0. The molecule has 0 N–H and O–H groups in total. The van der Waals surface area contributed by atoms with E-state index in [1.165, 1.54) is 6.92 Å². The summed E-state index contributed by atoms with van der Waals surface area (Å²) in [5.74, 6) is -1.05. The van der Waals surface area contributed by atoms with Gasteiger partial charge in [-0.15, -0.1) is 0 Å². The lowest BCUT2D eigenvalue weighted by molar-refractivity contribution is -0.188. The highest BCUT2D eigenvalue weighted by molar-refractivity contribution is 9.10. The Morgan fingerprint density at radius 1 is 1.22 bits per heavy atom. The molecular formula is C16H21BrO6. The molecule has 4 fully saturated rings. The summed E-state index contributed by atoms with van der Waals surface area (Å²) >= 11 is 3.11. The molecule has 2 heterocycles. The lowest BCUT2D eigenvalue weighted by Crippen LogP contribution is -2.49. The van der Waals surface area contributed by atoms with Crippen LogP contribution in [0, 0.1) is 11.8 Å². The summed E-state index contributed by atoms with van der Waals surface area (Å²) in [6.07, 6.45) is 2.37. The van der Waals surface area contributed by atoms with Crippen LogP contribution in [-0.2, 0) is 28.6 Å². The van der Waals surface area contributed by atoms with E-state index in [2.05, 4.69) is 15.9 Å². The predicted molar refractivity (Wildman–Crippen MR) is 82.7 cm³/mol. The molecule has 0 aromatic carbocycles. The van der Waals surface area contributed by atoms with Gasteiger partial charge in [0.2, 0.25) is 0 Å². The standard InChI is InChI=1S/C16H21BrO6/c1-8(17)13(18)21-9(2)14(19)23-16-5-10-3-11(6-16)15(20)22-12(4-10)7-16/h8-12H,3-7H2,1-2H3. The molecule has 4 rings (SSSR count).